The molecular formula is C19H26N4O. The summed E-state index contributed by atoms with van der Waals surface area (Å²) in [6, 6.07) is 6.41. The first kappa shape index (κ1) is 15.8. The first-order chi connectivity index (χ1) is 11.7. The van der Waals surface area contributed by atoms with Gasteiger partial charge in [0.2, 0.25) is 0 Å². The van der Waals surface area contributed by atoms with Gasteiger partial charge in [-0.1, -0.05) is 19.3 Å². The van der Waals surface area contributed by atoms with Gasteiger partial charge in [-0.3, -0.25) is 4.90 Å². The average Bonchev–Trinajstić information content (AvgIpc) is 2.62. The number of hydrogen-bond donors (Lipinski definition) is 1. The molecule has 2 aliphatic rings. The van der Waals surface area contributed by atoms with Crippen molar-refractivity contribution >= 4 is 16.6 Å². The molecule has 4 rings (SSSR count). The first-order valence-electron chi connectivity index (χ1n) is 9.11. The van der Waals surface area contributed by atoms with Gasteiger partial charge in [-0.05, 0) is 31.0 Å². The predicted molar refractivity (Wildman–Crippen MR) is 96.2 cm³/mol. The van der Waals surface area contributed by atoms with Crippen molar-refractivity contribution in [1.82, 2.24) is 14.9 Å². The van der Waals surface area contributed by atoms with E-state index >= 15 is 0 Å². The molecule has 1 aliphatic heterocycles. The molecular weight excluding hydrogens is 300 g/mol. The molecule has 0 radical (unpaired) electrons. The van der Waals surface area contributed by atoms with Gasteiger partial charge in [-0.25, -0.2) is 9.97 Å². The van der Waals surface area contributed by atoms with E-state index in [1.54, 1.807) is 6.33 Å². The van der Waals surface area contributed by atoms with Crippen LogP contribution in [0.1, 0.15) is 32.1 Å². The van der Waals surface area contributed by atoms with Crippen molar-refractivity contribution < 1.29 is 5.11 Å². The maximum absolute atomic E-state index is 10.8. The Morgan fingerprint density at radius 1 is 1.04 bits per heavy atom. The number of β-amino-alcohol motifs (C(OH)–C–C–N with tert-alkyl or cyclic N) is 1. The van der Waals surface area contributed by atoms with Crippen LogP contribution in [0.25, 0.3) is 10.9 Å². The minimum atomic E-state index is -0.444. The lowest BCUT2D eigenvalue weighted by molar-refractivity contribution is -0.0271. The third-order valence-corrected chi connectivity index (χ3v) is 5.53. The van der Waals surface area contributed by atoms with Gasteiger partial charge in [0.05, 0.1) is 11.1 Å². The molecule has 1 saturated heterocycles. The van der Waals surface area contributed by atoms with Crippen LogP contribution in [0, 0.1) is 0 Å². The number of aliphatic hydroxyl groups is 1. The molecule has 1 saturated carbocycles. The monoisotopic (exact) mass is 326 g/mol. The predicted octanol–water partition coefficient (Wildman–Crippen LogP) is 2.45. The van der Waals surface area contributed by atoms with Crippen molar-refractivity contribution in [3.63, 3.8) is 0 Å². The summed E-state index contributed by atoms with van der Waals surface area (Å²) in [5, 5.41) is 11.8. The number of benzene rings is 1. The van der Waals surface area contributed by atoms with Crippen LogP contribution >= 0.6 is 0 Å². The number of hydrogen-bond acceptors (Lipinski definition) is 5. The van der Waals surface area contributed by atoms with Crippen molar-refractivity contribution in [2.75, 3.05) is 37.6 Å². The molecule has 0 spiro atoms. The number of rotatable bonds is 3. The smallest absolute Gasteiger partial charge is 0.116 e. The third kappa shape index (κ3) is 3.37. The number of anilines is 1. The molecule has 1 aliphatic carbocycles. The molecule has 24 heavy (non-hydrogen) atoms. The van der Waals surface area contributed by atoms with Gasteiger partial charge in [0.15, 0.2) is 0 Å². The van der Waals surface area contributed by atoms with Crippen molar-refractivity contribution in [1.29, 1.82) is 0 Å². The Hall–Kier alpha value is -1.72. The topological polar surface area (TPSA) is 52.5 Å². The van der Waals surface area contributed by atoms with E-state index in [9.17, 15) is 5.11 Å². The maximum atomic E-state index is 10.8. The van der Waals surface area contributed by atoms with Gasteiger partial charge in [0.1, 0.15) is 6.33 Å². The lowest BCUT2D eigenvalue weighted by atomic mass is 9.84. The van der Waals surface area contributed by atoms with Gasteiger partial charge in [-0.2, -0.15) is 0 Å². The van der Waals surface area contributed by atoms with Gasteiger partial charge < -0.3 is 10.0 Å². The molecule has 1 N–H and O–H groups in total. The molecule has 2 aromatic rings. The van der Waals surface area contributed by atoms with Crippen molar-refractivity contribution in [3.8, 4) is 0 Å². The second-order valence-electron chi connectivity index (χ2n) is 7.31. The number of piperazine rings is 1. The van der Waals surface area contributed by atoms with Crippen molar-refractivity contribution in [3.05, 3.63) is 30.7 Å². The molecule has 1 aromatic heterocycles. The Balaban J connectivity index is 1.38. The quantitative estimate of drug-likeness (QED) is 0.939. The van der Waals surface area contributed by atoms with Crippen LogP contribution in [-0.2, 0) is 0 Å². The van der Waals surface area contributed by atoms with Crippen molar-refractivity contribution in [2.45, 2.75) is 37.7 Å². The molecule has 0 bridgehead atoms. The number of nitrogens with zero attached hydrogens (tertiary/aromatic N) is 4. The Morgan fingerprint density at radius 2 is 1.83 bits per heavy atom. The van der Waals surface area contributed by atoms with Gasteiger partial charge in [0.25, 0.3) is 0 Å². The zero-order valence-corrected chi connectivity index (χ0v) is 14.2. The largest absolute Gasteiger partial charge is 0.389 e. The summed E-state index contributed by atoms with van der Waals surface area (Å²) in [7, 11) is 0. The first-order valence-corrected chi connectivity index (χ1v) is 9.11. The zero-order chi connectivity index (χ0) is 16.4. The lowest BCUT2D eigenvalue weighted by Crippen LogP contribution is -2.52. The Morgan fingerprint density at radius 3 is 2.62 bits per heavy atom. The van der Waals surface area contributed by atoms with E-state index in [0.29, 0.717) is 0 Å². The molecule has 2 fully saturated rings. The Kier molecular flexibility index (Phi) is 4.37. The van der Waals surface area contributed by atoms with Crippen LogP contribution in [0.5, 0.6) is 0 Å². The second-order valence-corrected chi connectivity index (χ2v) is 7.31. The summed E-state index contributed by atoms with van der Waals surface area (Å²) in [6.07, 6.45) is 9.04. The molecule has 0 atom stereocenters. The summed E-state index contributed by atoms with van der Waals surface area (Å²) in [5.74, 6) is 0. The molecule has 5 heteroatoms. The molecule has 2 heterocycles. The van der Waals surface area contributed by atoms with Gasteiger partial charge >= 0.3 is 0 Å². The third-order valence-electron chi connectivity index (χ3n) is 5.53. The molecule has 1 aromatic carbocycles. The van der Waals surface area contributed by atoms with Crippen LogP contribution in [0.2, 0.25) is 0 Å². The fraction of sp³-hybridized carbons (Fsp3) is 0.579. The lowest BCUT2D eigenvalue weighted by Gasteiger charge is -2.41. The summed E-state index contributed by atoms with van der Waals surface area (Å²) in [4.78, 5) is 13.3. The summed E-state index contributed by atoms with van der Waals surface area (Å²) < 4.78 is 0. The molecule has 0 amide bonds. The fourth-order valence-corrected chi connectivity index (χ4v) is 4.12. The normalized spacial score (nSPS) is 22.0. The van der Waals surface area contributed by atoms with E-state index in [1.807, 2.05) is 6.20 Å². The highest BCUT2D eigenvalue weighted by atomic mass is 16.3. The Labute approximate surface area is 143 Å². The average molecular weight is 326 g/mol. The highest BCUT2D eigenvalue weighted by Gasteiger charge is 2.32. The van der Waals surface area contributed by atoms with Gasteiger partial charge in [-0.15, -0.1) is 0 Å². The van der Waals surface area contributed by atoms with Crippen LogP contribution in [0.15, 0.2) is 30.7 Å². The van der Waals surface area contributed by atoms with Crippen LogP contribution in [0.4, 0.5) is 5.69 Å². The SMILES string of the molecule is OC1(CN2CCN(c3ccc4ncncc4c3)CC2)CCCCC1. The summed E-state index contributed by atoms with van der Waals surface area (Å²) in [6.45, 7) is 4.90. The molecule has 128 valence electrons. The van der Waals surface area contributed by atoms with E-state index in [2.05, 4.69) is 38.0 Å². The van der Waals surface area contributed by atoms with E-state index in [0.717, 1.165) is 56.5 Å². The highest BCUT2D eigenvalue weighted by molar-refractivity contribution is 5.81. The second kappa shape index (κ2) is 6.65. The van der Waals surface area contributed by atoms with Crippen molar-refractivity contribution in [2.24, 2.45) is 0 Å². The van der Waals surface area contributed by atoms with E-state index in [-0.39, 0.29) is 0 Å². The van der Waals surface area contributed by atoms with Crippen LogP contribution in [0.3, 0.4) is 0 Å². The standard InChI is InChI=1S/C19H26N4O/c24-19(6-2-1-3-7-19)14-22-8-10-23(11-9-22)17-4-5-18-16(12-17)13-20-15-21-18/h4-5,12-13,15,24H,1-3,6-11,14H2. The zero-order valence-electron chi connectivity index (χ0n) is 14.2. The van der Waals surface area contributed by atoms with Crippen LogP contribution < -0.4 is 4.90 Å². The highest BCUT2D eigenvalue weighted by Crippen LogP contribution is 2.29. The minimum Gasteiger partial charge on any atom is -0.389 e. The maximum Gasteiger partial charge on any atom is 0.116 e. The Bertz CT molecular complexity index is 691. The van der Waals surface area contributed by atoms with E-state index < -0.39 is 5.60 Å². The number of aromatic nitrogens is 2. The van der Waals surface area contributed by atoms with E-state index in [4.69, 9.17) is 0 Å². The van der Waals surface area contributed by atoms with Gasteiger partial charge in [0, 0.05) is 50.0 Å². The molecule has 5 nitrogen and oxygen atoms in total. The summed E-state index contributed by atoms with van der Waals surface area (Å²) in [5.41, 5.74) is 1.79. The molecule has 0 unspecified atom stereocenters. The van der Waals surface area contributed by atoms with E-state index in [1.165, 1.54) is 24.9 Å². The minimum absolute atomic E-state index is 0.444. The van der Waals surface area contributed by atoms with Crippen LogP contribution in [-0.4, -0.2) is 58.3 Å². The number of fused-ring (bicyclic) bond motifs is 1. The summed E-state index contributed by atoms with van der Waals surface area (Å²) >= 11 is 0. The fourth-order valence-electron chi connectivity index (χ4n) is 4.12.